The summed E-state index contributed by atoms with van der Waals surface area (Å²) in [6.07, 6.45) is 4.53. The molecule has 0 radical (unpaired) electrons. The number of carbonyl (C=O) groups is 1. The average Bonchev–Trinajstić information content (AvgIpc) is 3.26. The topological polar surface area (TPSA) is 74.2 Å². The highest BCUT2D eigenvalue weighted by Gasteiger charge is 2.36. The van der Waals surface area contributed by atoms with Crippen molar-refractivity contribution in [2.45, 2.75) is 50.7 Å². The molecule has 2 aliphatic heterocycles. The Morgan fingerprint density at radius 1 is 1.30 bits per heavy atom. The fourth-order valence-corrected chi connectivity index (χ4v) is 3.83. The smallest absolute Gasteiger partial charge is 0.274 e. The number of nitrogens with zero attached hydrogens (tertiary/aromatic N) is 2. The molecule has 2 saturated heterocycles. The lowest BCUT2D eigenvalue weighted by molar-refractivity contribution is 0.0675. The summed E-state index contributed by atoms with van der Waals surface area (Å²) in [5.74, 6) is 1.52. The van der Waals surface area contributed by atoms with Crippen LogP contribution in [0.5, 0.6) is 0 Å². The zero-order chi connectivity index (χ0) is 16.0. The van der Waals surface area contributed by atoms with E-state index in [0.29, 0.717) is 29.6 Å². The highest BCUT2D eigenvalue weighted by atomic mass is 16.3. The monoisotopic (exact) mass is 314 g/mol. The van der Waals surface area contributed by atoms with Gasteiger partial charge in [-0.1, -0.05) is 0 Å². The molecule has 4 rings (SSSR count). The molecule has 2 fully saturated rings. The molecule has 0 spiro atoms. The van der Waals surface area contributed by atoms with Gasteiger partial charge in [-0.25, -0.2) is 0 Å². The Hall–Kier alpha value is -2.08. The summed E-state index contributed by atoms with van der Waals surface area (Å²) in [6.45, 7) is 1.89. The molecule has 2 bridgehead atoms. The number of furan rings is 1. The number of piperidine rings is 1. The predicted octanol–water partition coefficient (Wildman–Crippen LogP) is 2.33. The normalized spacial score (nSPS) is 26.4. The maximum absolute atomic E-state index is 12.7. The largest absolute Gasteiger partial charge is 0.460 e. The van der Waals surface area contributed by atoms with E-state index in [1.54, 1.807) is 6.07 Å². The van der Waals surface area contributed by atoms with Gasteiger partial charge in [-0.05, 0) is 44.7 Å². The quantitative estimate of drug-likeness (QED) is 0.912. The molecular formula is C17H22N4O2. The average molecular weight is 314 g/mol. The molecular weight excluding hydrogens is 292 g/mol. The zero-order valence-electron chi connectivity index (χ0n) is 13.5. The number of aryl methyl sites for hydroxylation is 1. The van der Waals surface area contributed by atoms with Gasteiger partial charge in [0.25, 0.3) is 5.91 Å². The van der Waals surface area contributed by atoms with Crippen LogP contribution in [0.25, 0.3) is 11.5 Å². The zero-order valence-corrected chi connectivity index (χ0v) is 13.5. The first-order valence-corrected chi connectivity index (χ1v) is 8.25. The van der Waals surface area contributed by atoms with E-state index < -0.39 is 0 Å². The molecule has 2 aliphatic rings. The van der Waals surface area contributed by atoms with Crippen molar-refractivity contribution in [1.29, 1.82) is 0 Å². The van der Waals surface area contributed by atoms with Gasteiger partial charge in [-0.15, -0.1) is 0 Å². The summed E-state index contributed by atoms with van der Waals surface area (Å²) in [7, 11) is 1.89. The molecule has 2 atom stereocenters. The van der Waals surface area contributed by atoms with E-state index in [-0.39, 0.29) is 5.91 Å². The number of nitrogens with one attached hydrogen (secondary N) is 2. The van der Waals surface area contributed by atoms with Crippen LogP contribution >= 0.6 is 0 Å². The fourth-order valence-electron chi connectivity index (χ4n) is 3.83. The first kappa shape index (κ1) is 14.5. The van der Waals surface area contributed by atoms with Crippen molar-refractivity contribution in [3.8, 4) is 11.5 Å². The maximum Gasteiger partial charge on any atom is 0.274 e. The Morgan fingerprint density at radius 2 is 2.04 bits per heavy atom. The van der Waals surface area contributed by atoms with E-state index >= 15 is 0 Å². The van der Waals surface area contributed by atoms with Crippen molar-refractivity contribution in [2.24, 2.45) is 0 Å². The van der Waals surface area contributed by atoms with Crippen LogP contribution in [0.1, 0.15) is 41.9 Å². The molecule has 6 heteroatoms. The van der Waals surface area contributed by atoms with Gasteiger partial charge in [0.05, 0.1) is 0 Å². The lowest BCUT2D eigenvalue weighted by atomic mass is 9.98. The predicted molar refractivity (Wildman–Crippen MR) is 86.1 cm³/mol. The molecule has 1 amide bonds. The molecule has 2 unspecified atom stereocenters. The minimum atomic E-state index is -0.0259. The lowest BCUT2D eigenvalue weighted by Crippen LogP contribution is -2.48. The van der Waals surface area contributed by atoms with Crippen LogP contribution in [0.3, 0.4) is 0 Å². The van der Waals surface area contributed by atoms with Gasteiger partial charge in [0, 0.05) is 31.2 Å². The SMILES string of the molecule is Cc1ccc(-c2cc(C(=O)N(C)C3CC4CCC(C3)N4)n[nH]2)o1. The standard InChI is InChI=1S/C17H22N4O2/c1-10-3-6-16(23-10)14-9-15(20-19-14)17(22)21(2)13-7-11-4-5-12(8-13)18-11/h3,6,9,11-13,18H,4-5,7-8H2,1-2H3,(H,19,20). The van der Waals surface area contributed by atoms with E-state index in [0.717, 1.165) is 24.3 Å². The first-order chi connectivity index (χ1) is 11.1. The summed E-state index contributed by atoms with van der Waals surface area (Å²) < 4.78 is 5.57. The van der Waals surface area contributed by atoms with Crippen molar-refractivity contribution in [3.05, 3.63) is 29.7 Å². The van der Waals surface area contributed by atoms with Crippen molar-refractivity contribution in [1.82, 2.24) is 20.4 Å². The van der Waals surface area contributed by atoms with E-state index in [4.69, 9.17) is 4.42 Å². The van der Waals surface area contributed by atoms with Crippen LogP contribution in [-0.2, 0) is 0 Å². The Kier molecular flexibility index (Phi) is 3.49. The summed E-state index contributed by atoms with van der Waals surface area (Å²) in [4.78, 5) is 14.6. The molecule has 2 aromatic rings. The Balaban J connectivity index is 1.49. The molecule has 2 N–H and O–H groups in total. The van der Waals surface area contributed by atoms with Crippen molar-refractivity contribution in [2.75, 3.05) is 7.05 Å². The molecule has 4 heterocycles. The van der Waals surface area contributed by atoms with Crippen LogP contribution < -0.4 is 5.32 Å². The van der Waals surface area contributed by atoms with Crippen LogP contribution in [0, 0.1) is 6.92 Å². The van der Waals surface area contributed by atoms with E-state index in [9.17, 15) is 4.79 Å². The molecule has 6 nitrogen and oxygen atoms in total. The number of aromatic amines is 1. The Bertz CT molecular complexity index is 708. The highest BCUT2D eigenvalue weighted by molar-refractivity contribution is 5.93. The van der Waals surface area contributed by atoms with Crippen LogP contribution in [-0.4, -0.2) is 46.2 Å². The number of rotatable bonds is 3. The summed E-state index contributed by atoms with van der Waals surface area (Å²) in [5.41, 5.74) is 1.18. The van der Waals surface area contributed by atoms with Gasteiger partial charge in [0.15, 0.2) is 11.5 Å². The molecule has 23 heavy (non-hydrogen) atoms. The third-order valence-electron chi connectivity index (χ3n) is 5.12. The highest BCUT2D eigenvalue weighted by Crippen LogP contribution is 2.30. The minimum absolute atomic E-state index is 0.0259. The second-order valence-corrected chi connectivity index (χ2v) is 6.76. The number of aromatic nitrogens is 2. The van der Waals surface area contributed by atoms with Gasteiger partial charge in [0.1, 0.15) is 11.5 Å². The van der Waals surface area contributed by atoms with Gasteiger partial charge in [0.2, 0.25) is 0 Å². The third kappa shape index (κ3) is 2.67. The second kappa shape index (κ2) is 5.53. The number of carbonyl (C=O) groups excluding carboxylic acids is 1. The number of amides is 1. The first-order valence-electron chi connectivity index (χ1n) is 8.25. The van der Waals surface area contributed by atoms with Crippen LogP contribution in [0.2, 0.25) is 0 Å². The molecule has 0 aromatic carbocycles. The Labute approximate surface area is 135 Å². The minimum Gasteiger partial charge on any atom is -0.460 e. The summed E-state index contributed by atoms with van der Waals surface area (Å²) in [6, 6.07) is 6.98. The lowest BCUT2D eigenvalue weighted by Gasteiger charge is -2.35. The molecule has 122 valence electrons. The van der Waals surface area contributed by atoms with Gasteiger partial charge in [-0.2, -0.15) is 5.10 Å². The molecule has 2 aromatic heterocycles. The van der Waals surface area contributed by atoms with E-state index in [1.165, 1.54) is 12.8 Å². The second-order valence-electron chi connectivity index (χ2n) is 6.76. The molecule has 0 saturated carbocycles. The molecule has 0 aliphatic carbocycles. The number of H-pyrrole nitrogens is 1. The third-order valence-corrected chi connectivity index (χ3v) is 5.12. The number of fused-ring (bicyclic) bond motifs is 2. The summed E-state index contributed by atoms with van der Waals surface area (Å²) in [5, 5.41) is 10.7. The van der Waals surface area contributed by atoms with Crippen molar-refractivity contribution in [3.63, 3.8) is 0 Å². The number of hydrogen-bond acceptors (Lipinski definition) is 4. The van der Waals surface area contributed by atoms with Gasteiger partial charge in [-0.3, -0.25) is 9.89 Å². The van der Waals surface area contributed by atoms with Gasteiger partial charge >= 0.3 is 0 Å². The van der Waals surface area contributed by atoms with Gasteiger partial charge < -0.3 is 14.6 Å². The van der Waals surface area contributed by atoms with Crippen LogP contribution in [0.4, 0.5) is 0 Å². The summed E-state index contributed by atoms with van der Waals surface area (Å²) >= 11 is 0. The van der Waals surface area contributed by atoms with E-state index in [1.807, 2.05) is 31.0 Å². The van der Waals surface area contributed by atoms with Crippen LogP contribution in [0.15, 0.2) is 22.6 Å². The fraction of sp³-hybridized carbons (Fsp3) is 0.529. The Morgan fingerprint density at radius 3 is 2.70 bits per heavy atom. The van der Waals surface area contributed by atoms with Crippen molar-refractivity contribution < 1.29 is 9.21 Å². The van der Waals surface area contributed by atoms with E-state index in [2.05, 4.69) is 15.5 Å². The number of hydrogen-bond donors (Lipinski definition) is 2. The van der Waals surface area contributed by atoms with Crippen molar-refractivity contribution >= 4 is 5.91 Å². The maximum atomic E-state index is 12.7.